The largest absolute Gasteiger partial charge is 0.497 e. The van der Waals surface area contributed by atoms with Gasteiger partial charge in [0.25, 0.3) is 0 Å². The molecule has 0 radical (unpaired) electrons. The van der Waals surface area contributed by atoms with Crippen molar-refractivity contribution in [1.29, 1.82) is 0 Å². The Labute approximate surface area is 155 Å². The Hall–Kier alpha value is -1.49. The Bertz CT molecular complexity index is 636. The zero-order valence-corrected chi connectivity index (χ0v) is 16.0. The molecule has 1 N–H and O–H groups in total. The number of nitrogens with zero attached hydrogens (tertiary/aromatic N) is 1. The summed E-state index contributed by atoms with van der Waals surface area (Å²) in [6.07, 6.45) is 4.73. The van der Waals surface area contributed by atoms with Crippen molar-refractivity contribution in [3.63, 3.8) is 0 Å². The van der Waals surface area contributed by atoms with Gasteiger partial charge >= 0.3 is 0 Å². The van der Waals surface area contributed by atoms with Crippen molar-refractivity contribution in [2.45, 2.75) is 30.3 Å². The van der Waals surface area contributed by atoms with Crippen LogP contribution in [-0.4, -0.2) is 37.9 Å². The summed E-state index contributed by atoms with van der Waals surface area (Å²) in [6.45, 7) is 4.27. The Balaban J connectivity index is 1.62. The minimum absolute atomic E-state index is 0.430. The number of benzene rings is 2. The lowest BCUT2D eigenvalue weighted by Crippen LogP contribution is -2.34. The van der Waals surface area contributed by atoms with Gasteiger partial charge in [-0.3, -0.25) is 4.90 Å². The Kier molecular flexibility index (Phi) is 6.79. The number of thioether (sulfide) groups is 1. The van der Waals surface area contributed by atoms with E-state index in [0.29, 0.717) is 6.04 Å². The number of ether oxygens (including phenoxy) is 1. The van der Waals surface area contributed by atoms with E-state index in [1.807, 2.05) is 0 Å². The first kappa shape index (κ1) is 18.3. The summed E-state index contributed by atoms with van der Waals surface area (Å²) in [6, 6.07) is 17.8. The molecule has 3 nitrogen and oxygen atoms in total. The van der Waals surface area contributed by atoms with Crippen LogP contribution in [0.25, 0.3) is 0 Å². The van der Waals surface area contributed by atoms with E-state index >= 15 is 0 Å². The summed E-state index contributed by atoms with van der Waals surface area (Å²) in [5.41, 5.74) is 2.71. The topological polar surface area (TPSA) is 24.5 Å². The number of hydrogen-bond donors (Lipinski definition) is 1. The van der Waals surface area contributed by atoms with E-state index in [1.54, 1.807) is 18.9 Å². The SMILES string of the molecule is COc1ccc(C(CNCc2ccc(SC)cc2)N2CCCC2)cc1. The van der Waals surface area contributed by atoms with Crippen LogP contribution >= 0.6 is 11.8 Å². The normalized spacial score (nSPS) is 16.1. The molecule has 0 saturated carbocycles. The molecule has 134 valence electrons. The van der Waals surface area contributed by atoms with Crippen molar-refractivity contribution in [3.05, 3.63) is 59.7 Å². The number of nitrogens with one attached hydrogen (secondary N) is 1. The first-order chi connectivity index (χ1) is 12.3. The average Bonchev–Trinajstić information content (AvgIpc) is 3.20. The van der Waals surface area contributed by atoms with Crippen molar-refractivity contribution in [2.75, 3.05) is 33.0 Å². The van der Waals surface area contributed by atoms with E-state index in [1.165, 1.54) is 42.0 Å². The van der Waals surface area contributed by atoms with Gasteiger partial charge in [-0.15, -0.1) is 11.8 Å². The second-order valence-electron chi connectivity index (χ2n) is 6.51. The molecule has 0 spiro atoms. The van der Waals surface area contributed by atoms with E-state index in [9.17, 15) is 0 Å². The molecule has 1 aliphatic heterocycles. The third-order valence-corrected chi connectivity index (χ3v) is 5.65. The first-order valence-electron chi connectivity index (χ1n) is 9.02. The molecule has 1 aliphatic rings. The molecule has 1 saturated heterocycles. The van der Waals surface area contributed by atoms with Crippen LogP contribution < -0.4 is 10.1 Å². The van der Waals surface area contributed by atoms with Gasteiger partial charge in [-0.05, 0) is 67.6 Å². The van der Waals surface area contributed by atoms with E-state index in [0.717, 1.165) is 18.8 Å². The molecule has 1 unspecified atom stereocenters. The monoisotopic (exact) mass is 356 g/mol. The third-order valence-electron chi connectivity index (χ3n) is 4.91. The molecule has 3 rings (SSSR count). The van der Waals surface area contributed by atoms with E-state index in [-0.39, 0.29) is 0 Å². The quantitative estimate of drug-likeness (QED) is 0.711. The van der Waals surface area contributed by atoms with Crippen molar-refractivity contribution in [2.24, 2.45) is 0 Å². The van der Waals surface area contributed by atoms with Gasteiger partial charge in [0.1, 0.15) is 5.75 Å². The van der Waals surface area contributed by atoms with Crippen LogP contribution in [0.4, 0.5) is 0 Å². The molecular weight excluding hydrogens is 328 g/mol. The molecular formula is C21H28N2OS. The van der Waals surface area contributed by atoms with Crippen LogP contribution in [0.1, 0.15) is 30.0 Å². The number of methoxy groups -OCH3 is 1. The highest BCUT2D eigenvalue weighted by molar-refractivity contribution is 7.98. The summed E-state index contributed by atoms with van der Waals surface area (Å²) in [5, 5.41) is 3.66. The van der Waals surface area contributed by atoms with Crippen molar-refractivity contribution >= 4 is 11.8 Å². The van der Waals surface area contributed by atoms with Gasteiger partial charge < -0.3 is 10.1 Å². The summed E-state index contributed by atoms with van der Waals surface area (Å²) >= 11 is 1.79. The summed E-state index contributed by atoms with van der Waals surface area (Å²) < 4.78 is 5.30. The van der Waals surface area contributed by atoms with Crippen LogP contribution in [-0.2, 0) is 6.54 Å². The zero-order valence-electron chi connectivity index (χ0n) is 15.2. The van der Waals surface area contributed by atoms with Crippen LogP contribution in [0.15, 0.2) is 53.4 Å². The predicted octanol–water partition coefficient (Wildman–Crippen LogP) is 4.34. The fourth-order valence-corrected chi connectivity index (χ4v) is 3.84. The molecule has 0 amide bonds. The van der Waals surface area contributed by atoms with Crippen LogP contribution in [0, 0.1) is 0 Å². The molecule has 1 heterocycles. The maximum absolute atomic E-state index is 5.30. The lowest BCUT2D eigenvalue weighted by molar-refractivity contribution is 0.238. The van der Waals surface area contributed by atoms with E-state index in [4.69, 9.17) is 4.74 Å². The lowest BCUT2D eigenvalue weighted by atomic mass is 10.0. The van der Waals surface area contributed by atoms with E-state index < -0.39 is 0 Å². The smallest absolute Gasteiger partial charge is 0.118 e. The zero-order chi connectivity index (χ0) is 17.5. The summed E-state index contributed by atoms with van der Waals surface area (Å²) in [7, 11) is 1.72. The number of hydrogen-bond acceptors (Lipinski definition) is 4. The van der Waals surface area contributed by atoms with Crippen LogP contribution in [0.5, 0.6) is 5.75 Å². The highest BCUT2D eigenvalue weighted by atomic mass is 32.2. The van der Waals surface area contributed by atoms with Gasteiger partial charge in [-0.2, -0.15) is 0 Å². The van der Waals surface area contributed by atoms with Gasteiger partial charge in [0.2, 0.25) is 0 Å². The third kappa shape index (κ3) is 5.00. The van der Waals surface area contributed by atoms with Crippen LogP contribution in [0.2, 0.25) is 0 Å². The molecule has 0 aliphatic carbocycles. The fourth-order valence-electron chi connectivity index (χ4n) is 3.43. The Morgan fingerprint density at radius 2 is 1.72 bits per heavy atom. The molecule has 0 aromatic heterocycles. The van der Waals surface area contributed by atoms with Crippen LogP contribution in [0.3, 0.4) is 0 Å². The Morgan fingerprint density at radius 1 is 1.04 bits per heavy atom. The molecule has 1 fully saturated rings. The highest BCUT2D eigenvalue weighted by Crippen LogP contribution is 2.26. The van der Waals surface area contributed by atoms with Crippen molar-refractivity contribution < 1.29 is 4.74 Å². The lowest BCUT2D eigenvalue weighted by Gasteiger charge is -2.28. The average molecular weight is 357 g/mol. The van der Waals surface area contributed by atoms with Crippen molar-refractivity contribution in [1.82, 2.24) is 10.2 Å². The fraction of sp³-hybridized carbons (Fsp3) is 0.429. The maximum Gasteiger partial charge on any atom is 0.118 e. The molecule has 1 atom stereocenters. The highest BCUT2D eigenvalue weighted by Gasteiger charge is 2.23. The molecule has 4 heteroatoms. The maximum atomic E-state index is 5.30. The number of rotatable bonds is 8. The first-order valence-corrected chi connectivity index (χ1v) is 10.2. The predicted molar refractivity (Wildman–Crippen MR) is 106 cm³/mol. The van der Waals surface area contributed by atoms with E-state index in [2.05, 4.69) is 65.0 Å². The van der Waals surface area contributed by atoms with Gasteiger partial charge in [0, 0.05) is 24.0 Å². The number of likely N-dealkylation sites (tertiary alicyclic amines) is 1. The molecule has 2 aromatic carbocycles. The van der Waals surface area contributed by atoms with Gasteiger partial charge in [-0.25, -0.2) is 0 Å². The van der Waals surface area contributed by atoms with Crippen molar-refractivity contribution in [3.8, 4) is 5.75 Å². The minimum Gasteiger partial charge on any atom is -0.497 e. The second kappa shape index (κ2) is 9.27. The minimum atomic E-state index is 0.430. The molecule has 25 heavy (non-hydrogen) atoms. The van der Waals surface area contributed by atoms with Gasteiger partial charge in [0.05, 0.1) is 7.11 Å². The summed E-state index contributed by atoms with van der Waals surface area (Å²) in [5.74, 6) is 0.922. The summed E-state index contributed by atoms with van der Waals surface area (Å²) in [4.78, 5) is 3.92. The van der Waals surface area contributed by atoms with Gasteiger partial charge in [-0.1, -0.05) is 24.3 Å². The Morgan fingerprint density at radius 3 is 2.32 bits per heavy atom. The second-order valence-corrected chi connectivity index (χ2v) is 7.39. The molecule has 2 aromatic rings. The molecule has 0 bridgehead atoms. The van der Waals surface area contributed by atoms with Gasteiger partial charge in [0.15, 0.2) is 0 Å². The standard InChI is InChI=1S/C21H28N2OS/c1-24-19-9-7-18(8-10-19)21(23-13-3-4-14-23)16-22-15-17-5-11-20(25-2)12-6-17/h5-12,21-22H,3-4,13-16H2,1-2H3.